The van der Waals surface area contributed by atoms with Crippen LogP contribution in [0.4, 0.5) is 4.79 Å². The maximum absolute atomic E-state index is 11.6. The first-order valence-electron chi connectivity index (χ1n) is 7.44. The molecule has 23 heavy (non-hydrogen) atoms. The van der Waals surface area contributed by atoms with Crippen LogP contribution in [0.15, 0.2) is 36.5 Å². The van der Waals surface area contributed by atoms with Crippen LogP contribution in [0, 0.1) is 0 Å². The minimum atomic E-state index is -1.15. The van der Waals surface area contributed by atoms with Gasteiger partial charge in [0.05, 0.1) is 5.52 Å². The fraction of sp³-hybridized carbons (Fsp3) is 0.412. The van der Waals surface area contributed by atoms with Gasteiger partial charge in [0, 0.05) is 18.1 Å². The second-order valence-corrected chi connectivity index (χ2v) is 6.35. The quantitative estimate of drug-likeness (QED) is 0.803. The summed E-state index contributed by atoms with van der Waals surface area (Å²) in [5.74, 6) is 0. The lowest BCUT2D eigenvalue weighted by Gasteiger charge is -2.22. The van der Waals surface area contributed by atoms with Crippen molar-refractivity contribution in [3.63, 3.8) is 0 Å². The Morgan fingerprint density at radius 3 is 2.74 bits per heavy atom. The van der Waals surface area contributed by atoms with E-state index in [0.717, 1.165) is 10.9 Å². The number of benzene rings is 1. The molecule has 6 heteroatoms. The smallest absolute Gasteiger partial charge is 0.407 e. The second kappa shape index (κ2) is 6.93. The molecule has 2 aromatic rings. The summed E-state index contributed by atoms with van der Waals surface area (Å²) < 4.78 is 5.08. The van der Waals surface area contributed by atoms with Crippen LogP contribution in [0.3, 0.4) is 0 Å². The Morgan fingerprint density at radius 2 is 2.04 bits per heavy atom. The Labute approximate surface area is 135 Å². The number of alkyl carbamates (subject to hydrolysis) is 1. The highest BCUT2D eigenvalue weighted by Crippen LogP contribution is 2.21. The number of hydrogen-bond donors (Lipinski definition) is 3. The Balaban J connectivity index is 1.98. The number of nitrogens with zero attached hydrogens (tertiary/aromatic N) is 1. The monoisotopic (exact) mass is 318 g/mol. The molecular weight excluding hydrogens is 296 g/mol. The normalized spacial score (nSPS) is 14.3. The van der Waals surface area contributed by atoms with E-state index >= 15 is 0 Å². The maximum Gasteiger partial charge on any atom is 0.407 e. The molecule has 2 atom stereocenters. The molecule has 0 aliphatic rings. The lowest BCUT2D eigenvalue weighted by molar-refractivity contribution is 0.0130. The molecule has 6 nitrogen and oxygen atoms in total. The van der Waals surface area contributed by atoms with E-state index in [2.05, 4.69) is 10.3 Å². The zero-order chi connectivity index (χ0) is 17.0. The van der Waals surface area contributed by atoms with Crippen molar-refractivity contribution >= 4 is 17.0 Å². The van der Waals surface area contributed by atoms with E-state index in [9.17, 15) is 15.0 Å². The number of aliphatic hydroxyl groups is 2. The number of nitrogens with one attached hydrogen (secondary N) is 1. The number of ether oxygens (including phenoxy) is 1. The molecule has 0 radical (unpaired) electrons. The molecule has 0 bridgehead atoms. The number of carbonyl (C=O) groups is 1. The molecule has 1 heterocycles. The number of fused-ring (bicyclic) bond motifs is 1. The molecule has 1 amide bonds. The highest BCUT2D eigenvalue weighted by Gasteiger charge is 2.21. The van der Waals surface area contributed by atoms with Crippen molar-refractivity contribution < 1.29 is 19.7 Å². The van der Waals surface area contributed by atoms with Gasteiger partial charge in [-0.25, -0.2) is 4.79 Å². The number of rotatable bonds is 4. The summed E-state index contributed by atoms with van der Waals surface area (Å²) in [5, 5.41) is 23.7. The van der Waals surface area contributed by atoms with Crippen molar-refractivity contribution in [3.8, 4) is 0 Å². The first-order valence-corrected chi connectivity index (χ1v) is 7.44. The van der Waals surface area contributed by atoms with E-state index < -0.39 is 23.9 Å². The molecule has 124 valence electrons. The molecular formula is C17H22N2O4. The number of amides is 1. The van der Waals surface area contributed by atoms with Crippen LogP contribution in [0.1, 0.15) is 32.4 Å². The first-order chi connectivity index (χ1) is 10.8. The molecule has 0 aliphatic carbocycles. The topological polar surface area (TPSA) is 91.7 Å². The predicted octanol–water partition coefficient (Wildman–Crippen LogP) is 2.15. The van der Waals surface area contributed by atoms with Crippen molar-refractivity contribution in [2.45, 2.75) is 38.6 Å². The van der Waals surface area contributed by atoms with Gasteiger partial charge in [0.25, 0.3) is 0 Å². The van der Waals surface area contributed by atoms with E-state index in [1.54, 1.807) is 39.1 Å². The fourth-order valence-electron chi connectivity index (χ4n) is 2.10. The van der Waals surface area contributed by atoms with Gasteiger partial charge in [-0.05, 0) is 38.5 Å². The van der Waals surface area contributed by atoms with Crippen molar-refractivity contribution in [1.82, 2.24) is 10.3 Å². The fourth-order valence-corrected chi connectivity index (χ4v) is 2.10. The van der Waals surface area contributed by atoms with Gasteiger partial charge in [-0.1, -0.05) is 18.2 Å². The Hall–Kier alpha value is -2.18. The molecule has 3 N–H and O–H groups in total. The summed E-state index contributed by atoms with van der Waals surface area (Å²) >= 11 is 0. The van der Waals surface area contributed by atoms with Gasteiger partial charge in [-0.3, -0.25) is 4.98 Å². The van der Waals surface area contributed by atoms with E-state index in [0.29, 0.717) is 5.56 Å². The van der Waals surface area contributed by atoms with Crippen molar-refractivity contribution in [1.29, 1.82) is 0 Å². The minimum absolute atomic E-state index is 0.115. The molecule has 2 rings (SSSR count). The van der Waals surface area contributed by atoms with E-state index in [1.807, 2.05) is 18.2 Å². The third-order valence-electron chi connectivity index (χ3n) is 3.19. The largest absolute Gasteiger partial charge is 0.444 e. The molecule has 2 unspecified atom stereocenters. The van der Waals surface area contributed by atoms with Crippen LogP contribution in [0.2, 0.25) is 0 Å². The van der Waals surface area contributed by atoms with Crippen molar-refractivity contribution in [2.75, 3.05) is 6.54 Å². The second-order valence-electron chi connectivity index (χ2n) is 6.35. The molecule has 0 spiro atoms. The van der Waals surface area contributed by atoms with Gasteiger partial charge in [0.15, 0.2) is 0 Å². The number of aromatic nitrogens is 1. The first kappa shape index (κ1) is 17.2. The van der Waals surface area contributed by atoms with Gasteiger partial charge >= 0.3 is 6.09 Å². The number of hydrogen-bond acceptors (Lipinski definition) is 5. The van der Waals surface area contributed by atoms with Gasteiger partial charge in [-0.15, -0.1) is 0 Å². The third kappa shape index (κ3) is 4.91. The molecule has 0 saturated heterocycles. The van der Waals surface area contributed by atoms with E-state index in [4.69, 9.17) is 4.74 Å². The standard InChI is InChI=1S/C17H22N2O4/c1-17(2,3)23-16(22)19-10-14(20)15(21)12-7-6-11-5-4-8-18-13(11)9-12/h4-9,14-15,20-21H,10H2,1-3H3,(H,19,22). The zero-order valence-electron chi connectivity index (χ0n) is 13.5. The molecule has 0 aliphatic heterocycles. The molecule has 1 aromatic carbocycles. The Kier molecular flexibility index (Phi) is 5.18. The number of carbonyl (C=O) groups excluding carboxylic acids is 1. The van der Waals surface area contributed by atoms with Crippen LogP contribution in [0.25, 0.3) is 10.9 Å². The van der Waals surface area contributed by atoms with E-state index in [-0.39, 0.29) is 6.54 Å². The minimum Gasteiger partial charge on any atom is -0.444 e. The average molecular weight is 318 g/mol. The summed E-state index contributed by atoms with van der Waals surface area (Å²) in [6.07, 6.45) is -1.25. The summed E-state index contributed by atoms with van der Waals surface area (Å²) in [5.41, 5.74) is 0.656. The lowest BCUT2D eigenvalue weighted by Crippen LogP contribution is -2.38. The van der Waals surface area contributed by atoms with Crippen LogP contribution in [-0.4, -0.2) is 39.5 Å². The van der Waals surface area contributed by atoms with Crippen LogP contribution >= 0.6 is 0 Å². The lowest BCUT2D eigenvalue weighted by atomic mass is 10.0. The van der Waals surface area contributed by atoms with Gasteiger partial charge in [0.1, 0.15) is 17.8 Å². The summed E-state index contributed by atoms with van der Waals surface area (Å²) in [6.45, 7) is 5.14. The highest BCUT2D eigenvalue weighted by atomic mass is 16.6. The number of aliphatic hydroxyl groups excluding tert-OH is 2. The summed E-state index contributed by atoms with van der Waals surface area (Å²) in [6, 6.07) is 9.02. The van der Waals surface area contributed by atoms with Crippen molar-refractivity contribution in [3.05, 3.63) is 42.1 Å². The summed E-state index contributed by atoms with van der Waals surface area (Å²) in [7, 11) is 0. The zero-order valence-corrected chi connectivity index (χ0v) is 13.5. The van der Waals surface area contributed by atoms with Gasteiger partial charge in [-0.2, -0.15) is 0 Å². The van der Waals surface area contributed by atoms with E-state index in [1.165, 1.54) is 0 Å². The van der Waals surface area contributed by atoms with Crippen LogP contribution in [-0.2, 0) is 4.74 Å². The molecule has 0 fully saturated rings. The van der Waals surface area contributed by atoms with Crippen LogP contribution in [0.5, 0.6) is 0 Å². The Bertz CT molecular complexity index is 682. The highest BCUT2D eigenvalue weighted by molar-refractivity contribution is 5.79. The molecule has 0 saturated carbocycles. The third-order valence-corrected chi connectivity index (χ3v) is 3.19. The summed E-state index contributed by atoms with van der Waals surface area (Å²) in [4.78, 5) is 15.8. The Morgan fingerprint density at radius 1 is 1.30 bits per heavy atom. The van der Waals surface area contributed by atoms with Crippen molar-refractivity contribution in [2.24, 2.45) is 0 Å². The predicted molar refractivity (Wildman–Crippen MR) is 86.9 cm³/mol. The van der Waals surface area contributed by atoms with Gasteiger partial charge in [0.2, 0.25) is 0 Å². The van der Waals surface area contributed by atoms with Crippen LogP contribution < -0.4 is 5.32 Å². The maximum atomic E-state index is 11.6. The van der Waals surface area contributed by atoms with Gasteiger partial charge < -0.3 is 20.3 Å². The number of pyridine rings is 1. The molecule has 1 aromatic heterocycles. The average Bonchev–Trinajstić information content (AvgIpc) is 2.49. The SMILES string of the molecule is CC(C)(C)OC(=O)NCC(O)C(O)c1ccc2cccnc2c1.